The fraction of sp³-hybridized carbons (Fsp3) is 1.00. The lowest BCUT2D eigenvalue weighted by atomic mass is 9.72. The molecule has 2 atom stereocenters. The van der Waals surface area contributed by atoms with Crippen molar-refractivity contribution in [2.24, 2.45) is 11.8 Å². The van der Waals surface area contributed by atoms with E-state index in [4.69, 9.17) is 0 Å². The summed E-state index contributed by atoms with van der Waals surface area (Å²) in [6, 6.07) is 1.01. The molecule has 0 radical (unpaired) electrons. The molecule has 3 aliphatic heterocycles. The van der Waals surface area contributed by atoms with Gasteiger partial charge >= 0.3 is 0 Å². The Labute approximate surface area is 81.5 Å². The van der Waals surface area contributed by atoms with Gasteiger partial charge in [-0.05, 0) is 50.6 Å². The summed E-state index contributed by atoms with van der Waals surface area (Å²) in [4.78, 5) is 2.80. The van der Waals surface area contributed by atoms with E-state index in [9.17, 15) is 0 Å². The minimum absolute atomic E-state index is 1.01. The Morgan fingerprint density at radius 2 is 1.54 bits per heavy atom. The molecule has 0 N–H and O–H groups in total. The van der Waals surface area contributed by atoms with Gasteiger partial charge in [-0.2, -0.15) is 0 Å². The van der Waals surface area contributed by atoms with E-state index in [0.29, 0.717) is 0 Å². The van der Waals surface area contributed by atoms with Crippen LogP contribution in [0, 0.1) is 11.8 Å². The van der Waals surface area contributed by atoms with Crippen molar-refractivity contribution < 1.29 is 0 Å². The second kappa shape index (κ2) is 3.27. The summed E-state index contributed by atoms with van der Waals surface area (Å²) >= 11 is 0. The van der Waals surface area contributed by atoms with Gasteiger partial charge in [0, 0.05) is 6.04 Å². The molecule has 1 aliphatic carbocycles. The van der Waals surface area contributed by atoms with Crippen molar-refractivity contribution in [2.45, 2.75) is 51.0 Å². The Morgan fingerprint density at radius 1 is 0.769 bits per heavy atom. The van der Waals surface area contributed by atoms with Crippen molar-refractivity contribution in [3.8, 4) is 0 Å². The van der Waals surface area contributed by atoms with Crippen LogP contribution in [-0.2, 0) is 0 Å². The lowest BCUT2D eigenvalue weighted by Crippen LogP contribution is -2.54. The van der Waals surface area contributed by atoms with Crippen molar-refractivity contribution in [3.05, 3.63) is 0 Å². The Hall–Kier alpha value is -0.0400. The van der Waals surface area contributed by atoms with Crippen LogP contribution in [0.5, 0.6) is 0 Å². The second-order valence-corrected chi connectivity index (χ2v) is 5.24. The van der Waals surface area contributed by atoms with E-state index < -0.39 is 0 Å². The van der Waals surface area contributed by atoms with Gasteiger partial charge in [-0.25, -0.2) is 0 Å². The molecule has 0 spiro atoms. The first-order valence-corrected chi connectivity index (χ1v) is 6.19. The number of nitrogens with zero attached hydrogens (tertiary/aromatic N) is 1. The highest BCUT2D eigenvalue weighted by atomic mass is 15.2. The van der Waals surface area contributed by atoms with E-state index in [1.54, 1.807) is 6.42 Å². The maximum atomic E-state index is 2.80. The highest BCUT2D eigenvalue weighted by Crippen LogP contribution is 2.43. The first-order chi connectivity index (χ1) is 6.45. The second-order valence-electron chi connectivity index (χ2n) is 5.24. The van der Waals surface area contributed by atoms with Crippen LogP contribution in [0.1, 0.15) is 44.9 Å². The van der Waals surface area contributed by atoms with Gasteiger partial charge in [-0.1, -0.05) is 19.3 Å². The summed E-state index contributed by atoms with van der Waals surface area (Å²) in [7, 11) is 0. The third-order valence-electron chi connectivity index (χ3n) is 4.68. The predicted molar refractivity (Wildman–Crippen MR) is 54.7 cm³/mol. The summed E-state index contributed by atoms with van der Waals surface area (Å²) in [6.07, 6.45) is 10.6. The molecule has 0 aromatic rings. The average Bonchev–Trinajstić information content (AvgIpc) is 2.45. The number of hydrogen-bond donors (Lipinski definition) is 0. The summed E-state index contributed by atoms with van der Waals surface area (Å²) in [5, 5.41) is 0. The van der Waals surface area contributed by atoms with Crippen molar-refractivity contribution in [1.82, 2.24) is 4.90 Å². The Kier molecular flexibility index (Phi) is 2.08. The van der Waals surface area contributed by atoms with Crippen LogP contribution in [0.4, 0.5) is 0 Å². The van der Waals surface area contributed by atoms with Crippen LogP contribution in [0.25, 0.3) is 0 Å². The Balaban J connectivity index is 1.81. The highest BCUT2D eigenvalue weighted by Gasteiger charge is 2.41. The number of piperidine rings is 3. The van der Waals surface area contributed by atoms with E-state index in [2.05, 4.69) is 4.90 Å². The molecule has 0 aromatic heterocycles. The monoisotopic (exact) mass is 179 g/mol. The highest BCUT2D eigenvalue weighted by molar-refractivity contribution is 4.95. The summed E-state index contributed by atoms with van der Waals surface area (Å²) in [5.41, 5.74) is 0. The van der Waals surface area contributed by atoms with Gasteiger partial charge in [0.15, 0.2) is 0 Å². The van der Waals surface area contributed by atoms with Gasteiger partial charge in [0.2, 0.25) is 0 Å². The normalized spacial score (nSPS) is 49.8. The minimum atomic E-state index is 1.01. The van der Waals surface area contributed by atoms with Crippen LogP contribution in [-0.4, -0.2) is 24.0 Å². The quantitative estimate of drug-likeness (QED) is 0.552. The largest absolute Gasteiger partial charge is 0.300 e. The molecule has 4 aliphatic rings. The lowest BCUT2D eigenvalue weighted by molar-refractivity contribution is -0.0132. The lowest BCUT2D eigenvalue weighted by Gasteiger charge is -2.51. The van der Waals surface area contributed by atoms with Gasteiger partial charge in [-0.3, -0.25) is 0 Å². The first kappa shape index (κ1) is 8.28. The zero-order valence-corrected chi connectivity index (χ0v) is 8.54. The summed E-state index contributed by atoms with van der Waals surface area (Å²) in [5.74, 6) is 2.22. The summed E-state index contributed by atoms with van der Waals surface area (Å²) in [6.45, 7) is 2.84. The maximum Gasteiger partial charge on any atom is 0.0126 e. The molecule has 2 bridgehead atoms. The Bertz CT molecular complexity index is 162. The van der Waals surface area contributed by atoms with Crippen LogP contribution in [0.15, 0.2) is 0 Å². The number of rotatable bonds is 0. The zero-order valence-electron chi connectivity index (χ0n) is 8.54. The van der Waals surface area contributed by atoms with Gasteiger partial charge in [0.25, 0.3) is 0 Å². The van der Waals surface area contributed by atoms with Gasteiger partial charge < -0.3 is 4.90 Å². The molecule has 0 aromatic carbocycles. The van der Waals surface area contributed by atoms with E-state index in [-0.39, 0.29) is 0 Å². The van der Waals surface area contributed by atoms with Gasteiger partial charge in [0.05, 0.1) is 0 Å². The summed E-state index contributed by atoms with van der Waals surface area (Å²) < 4.78 is 0. The molecule has 1 saturated carbocycles. The molecule has 3 heterocycles. The third-order valence-corrected chi connectivity index (χ3v) is 4.68. The Morgan fingerprint density at radius 3 is 2.38 bits per heavy atom. The zero-order chi connectivity index (χ0) is 8.67. The van der Waals surface area contributed by atoms with Crippen molar-refractivity contribution in [3.63, 3.8) is 0 Å². The van der Waals surface area contributed by atoms with Gasteiger partial charge in [0.1, 0.15) is 0 Å². The van der Waals surface area contributed by atoms with Crippen molar-refractivity contribution in [2.75, 3.05) is 13.1 Å². The smallest absolute Gasteiger partial charge is 0.0126 e. The molecular formula is C12H21N. The van der Waals surface area contributed by atoms with Crippen molar-refractivity contribution >= 4 is 0 Å². The molecule has 4 rings (SSSR count). The third kappa shape index (κ3) is 1.32. The molecule has 3 saturated heterocycles. The van der Waals surface area contributed by atoms with E-state index >= 15 is 0 Å². The molecule has 1 nitrogen and oxygen atoms in total. The first-order valence-electron chi connectivity index (χ1n) is 6.19. The number of fused-ring (bicyclic) bond motifs is 2. The number of hydrogen-bond acceptors (Lipinski definition) is 1. The molecule has 74 valence electrons. The molecular weight excluding hydrogens is 158 g/mol. The minimum Gasteiger partial charge on any atom is -0.300 e. The molecule has 1 heteroatoms. The predicted octanol–water partition coefficient (Wildman–Crippen LogP) is 2.66. The van der Waals surface area contributed by atoms with Crippen LogP contribution >= 0.6 is 0 Å². The topological polar surface area (TPSA) is 3.24 Å². The molecule has 4 fully saturated rings. The maximum absolute atomic E-state index is 2.80. The standard InChI is InChI=1S/C12H21N/c1-2-4-11-10-6-8-13(9-7-10)12(11)5-3-1/h10-12H,1-9H2. The van der Waals surface area contributed by atoms with E-state index in [1.807, 2.05) is 0 Å². The van der Waals surface area contributed by atoms with Crippen molar-refractivity contribution in [1.29, 1.82) is 0 Å². The van der Waals surface area contributed by atoms with Crippen LogP contribution in [0.2, 0.25) is 0 Å². The molecule has 13 heavy (non-hydrogen) atoms. The van der Waals surface area contributed by atoms with Crippen LogP contribution in [0.3, 0.4) is 0 Å². The average molecular weight is 179 g/mol. The van der Waals surface area contributed by atoms with Crippen LogP contribution < -0.4 is 0 Å². The fourth-order valence-corrected chi connectivity index (χ4v) is 4.00. The fourth-order valence-electron chi connectivity index (χ4n) is 4.00. The molecule has 0 amide bonds. The van der Waals surface area contributed by atoms with Gasteiger partial charge in [-0.15, -0.1) is 0 Å². The molecule has 2 unspecified atom stereocenters. The SMILES string of the molecule is C1CCC2C3CCN(CC3)C2CC1. The van der Waals surface area contributed by atoms with E-state index in [1.165, 1.54) is 51.6 Å². The van der Waals surface area contributed by atoms with E-state index in [0.717, 1.165) is 17.9 Å².